The van der Waals surface area contributed by atoms with E-state index in [1.807, 2.05) is 87.5 Å². The minimum Gasteiger partial charge on any atom is -0.381 e. The van der Waals surface area contributed by atoms with E-state index in [2.05, 4.69) is 19.4 Å². The molecule has 0 aromatic heterocycles. The molecule has 0 spiro atoms. The second-order valence-electron chi connectivity index (χ2n) is 7.85. The highest BCUT2D eigenvalue weighted by Crippen LogP contribution is 2.17. The van der Waals surface area contributed by atoms with Crippen molar-refractivity contribution >= 4 is 22.4 Å². The predicted molar refractivity (Wildman–Crippen MR) is 131 cm³/mol. The van der Waals surface area contributed by atoms with Crippen LogP contribution in [0, 0.1) is 6.92 Å². The second-order valence-corrected chi connectivity index (χ2v) is 7.85. The number of benzene rings is 3. The first kappa shape index (κ1) is 24.6. The summed E-state index contributed by atoms with van der Waals surface area (Å²) in [4.78, 5) is 13.8. The van der Waals surface area contributed by atoms with Gasteiger partial charge in [-0.3, -0.25) is 4.79 Å². The van der Waals surface area contributed by atoms with E-state index in [0.717, 1.165) is 35.7 Å². The van der Waals surface area contributed by atoms with Gasteiger partial charge in [-0.05, 0) is 42.0 Å². The maximum absolute atomic E-state index is 12.2. The third-order valence-electron chi connectivity index (χ3n) is 5.36. The average Bonchev–Trinajstić information content (AvgIpc) is 2.82. The van der Waals surface area contributed by atoms with Gasteiger partial charge in [0.2, 0.25) is 0 Å². The predicted octanol–water partition coefficient (Wildman–Crippen LogP) is 4.74. The Balaban J connectivity index is 0.000000261. The quantitative estimate of drug-likeness (QED) is 0.642. The van der Waals surface area contributed by atoms with Crippen molar-refractivity contribution in [1.29, 1.82) is 0 Å². The Labute approximate surface area is 187 Å². The normalized spacial score (nSPS) is 13.6. The summed E-state index contributed by atoms with van der Waals surface area (Å²) < 4.78 is 5.24. The molecule has 166 valence electrons. The number of hydrogen-bond donors (Lipinski definition) is 2. The van der Waals surface area contributed by atoms with E-state index in [1.165, 1.54) is 18.4 Å². The highest BCUT2D eigenvalue weighted by molar-refractivity contribution is 6.06. The Morgan fingerprint density at radius 1 is 0.903 bits per heavy atom. The Hall–Kier alpha value is -2.69. The molecule has 0 radical (unpaired) electrons. The van der Waals surface area contributed by atoms with E-state index in [4.69, 9.17) is 4.74 Å². The third-order valence-corrected chi connectivity index (χ3v) is 5.36. The number of anilines is 1. The fourth-order valence-corrected chi connectivity index (χ4v) is 3.45. The fourth-order valence-electron chi connectivity index (χ4n) is 3.45. The largest absolute Gasteiger partial charge is 0.381 e. The van der Waals surface area contributed by atoms with Crippen molar-refractivity contribution in [2.45, 2.75) is 39.7 Å². The first-order valence-electron chi connectivity index (χ1n) is 11.3. The molecule has 4 nitrogen and oxygen atoms in total. The number of nitrogens with one attached hydrogen (secondary N) is 2. The molecule has 2 N–H and O–H groups in total. The van der Waals surface area contributed by atoms with E-state index in [0.29, 0.717) is 5.56 Å². The topological polar surface area (TPSA) is 42.8 Å². The maximum Gasteiger partial charge on any atom is 0.255 e. The summed E-state index contributed by atoms with van der Waals surface area (Å²) >= 11 is 0. The molecule has 1 saturated heterocycles. The zero-order chi connectivity index (χ0) is 22.6. The van der Waals surface area contributed by atoms with Gasteiger partial charge in [0, 0.05) is 24.1 Å². The Kier molecular flexibility index (Phi) is 10.2. The van der Waals surface area contributed by atoms with Crippen molar-refractivity contribution < 1.29 is 14.4 Å². The van der Waals surface area contributed by atoms with E-state index in [-0.39, 0.29) is 5.91 Å². The first-order valence-corrected chi connectivity index (χ1v) is 11.3. The van der Waals surface area contributed by atoms with E-state index in [1.54, 1.807) is 4.90 Å². The molecule has 3 aromatic rings. The van der Waals surface area contributed by atoms with Gasteiger partial charge >= 0.3 is 0 Å². The van der Waals surface area contributed by atoms with Gasteiger partial charge < -0.3 is 15.0 Å². The van der Waals surface area contributed by atoms with Crippen LogP contribution in [0.2, 0.25) is 0 Å². The highest BCUT2D eigenvalue weighted by atomic mass is 16.5. The molecule has 0 bridgehead atoms. The van der Waals surface area contributed by atoms with Crippen molar-refractivity contribution in [2.24, 2.45) is 0 Å². The van der Waals surface area contributed by atoms with Crippen LogP contribution in [0.4, 0.5) is 5.69 Å². The van der Waals surface area contributed by atoms with Crippen LogP contribution in [-0.2, 0) is 4.74 Å². The second kappa shape index (κ2) is 12.9. The van der Waals surface area contributed by atoms with Crippen LogP contribution in [0.25, 0.3) is 10.8 Å². The van der Waals surface area contributed by atoms with E-state index in [9.17, 15) is 4.79 Å². The molecule has 0 atom stereocenters. The molecule has 1 aliphatic heterocycles. The van der Waals surface area contributed by atoms with Crippen molar-refractivity contribution in [3.05, 3.63) is 77.9 Å². The van der Waals surface area contributed by atoms with Crippen molar-refractivity contribution in [1.82, 2.24) is 0 Å². The van der Waals surface area contributed by atoms with Crippen LogP contribution in [-0.4, -0.2) is 39.3 Å². The van der Waals surface area contributed by atoms with Crippen molar-refractivity contribution in [3.8, 4) is 0 Å². The van der Waals surface area contributed by atoms with E-state index >= 15 is 0 Å². The van der Waals surface area contributed by atoms with Crippen LogP contribution in [0.1, 0.15) is 42.6 Å². The van der Waals surface area contributed by atoms with Crippen LogP contribution in [0.5, 0.6) is 0 Å². The van der Waals surface area contributed by atoms with Crippen LogP contribution in [0.15, 0.2) is 66.7 Å². The number of hydrogen-bond acceptors (Lipinski definition) is 2. The molecule has 1 heterocycles. The summed E-state index contributed by atoms with van der Waals surface area (Å²) in [5.41, 5.74) is 2.66. The van der Waals surface area contributed by atoms with Gasteiger partial charge in [-0.2, -0.15) is 0 Å². The zero-order valence-corrected chi connectivity index (χ0v) is 19.6. The van der Waals surface area contributed by atoms with Crippen molar-refractivity contribution in [2.75, 3.05) is 32.6 Å². The first-order chi connectivity index (χ1) is 15.0. The lowest BCUT2D eigenvalue weighted by Crippen LogP contribution is -3.10. The lowest BCUT2D eigenvalue weighted by Gasteiger charge is -2.24. The van der Waals surface area contributed by atoms with Gasteiger partial charge in [0.05, 0.1) is 33.4 Å². The maximum atomic E-state index is 12.2. The molecule has 1 amide bonds. The standard InChI is InChI=1S/C18H15NO.C7H15NO.C2H6/c1-13-6-10-17(11-7-13)19-18(20)16-9-8-14-4-2-3-5-15(14)12-16;1-8(2)7-3-5-9-6-4-7;1-2/h2-12H,1H3,(H,19,20);7H,3-6H2,1-2H3;1-2H3/p+1. The number of aryl methyl sites for hydroxylation is 1. The number of fused-ring (bicyclic) bond motifs is 1. The van der Waals surface area contributed by atoms with Gasteiger partial charge in [0.15, 0.2) is 0 Å². The fraction of sp³-hybridized carbons (Fsp3) is 0.370. The SMILES string of the molecule is CC.C[NH+](C)C1CCOCC1.Cc1ccc(NC(=O)c2ccc3ccccc3c2)cc1. The van der Waals surface area contributed by atoms with Gasteiger partial charge in [0.25, 0.3) is 5.91 Å². The number of rotatable bonds is 3. The summed E-state index contributed by atoms with van der Waals surface area (Å²) in [5, 5.41) is 5.12. The number of quaternary nitrogens is 1. The van der Waals surface area contributed by atoms with Gasteiger partial charge in [-0.25, -0.2) is 0 Å². The van der Waals surface area contributed by atoms with Crippen LogP contribution in [0.3, 0.4) is 0 Å². The van der Waals surface area contributed by atoms with Gasteiger partial charge in [-0.15, -0.1) is 0 Å². The molecule has 1 fully saturated rings. The van der Waals surface area contributed by atoms with Crippen LogP contribution >= 0.6 is 0 Å². The summed E-state index contributed by atoms with van der Waals surface area (Å²) in [6.45, 7) is 7.96. The molecule has 0 unspecified atom stereocenters. The minimum atomic E-state index is -0.0837. The summed E-state index contributed by atoms with van der Waals surface area (Å²) in [6.07, 6.45) is 2.48. The van der Waals surface area contributed by atoms with Crippen molar-refractivity contribution in [3.63, 3.8) is 0 Å². The molecule has 31 heavy (non-hydrogen) atoms. The Morgan fingerprint density at radius 3 is 2.10 bits per heavy atom. The average molecular weight is 422 g/mol. The van der Waals surface area contributed by atoms with Gasteiger partial charge in [-0.1, -0.05) is 61.9 Å². The lowest BCUT2D eigenvalue weighted by atomic mass is 10.1. The number of carbonyl (C=O) groups excluding carboxylic acids is 1. The molecule has 0 saturated carbocycles. The molecule has 0 aliphatic carbocycles. The number of ether oxygens (including phenoxy) is 1. The molecular formula is C27H37N2O2+. The molecule has 4 heteroatoms. The monoisotopic (exact) mass is 421 g/mol. The zero-order valence-electron chi connectivity index (χ0n) is 19.6. The molecular weight excluding hydrogens is 384 g/mol. The Bertz CT molecular complexity index is 929. The highest BCUT2D eigenvalue weighted by Gasteiger charge is 2.17. The van der Waals surface area contributed by atoms with Crippen LogP contribution < -0.4 is 10.2 Å². The molecule has 1 aliphatic rings. The summed E-state index contributed by atoms with van der Waals surface area (Å²) in [7, 11) is 4.44. The minimum absolute atomic E-state index is 0.0837. The third kappa shape index (κ3) is 7.82. The van der Waals surface area contributed by atoms with E-state index < -0.39 is 0 Å². The summed E-state index contributed by atoms with van der Waals surface area (Å²) in [6, 6.07) is 22.4. The lowest BCUT2D eigenvalue weighted by molar-refractivity contribution is -0.887. The molecule has 4 rings (SSSR count). The smallest absolute Gasteiger partial charge is 0.255 e. The number of amides is 1. The summed E-state index contributed by atoms with van der Waals surface area (Å²) in [5.74, 6) is -0.0837. The molecule has 3 aromatic carbocycles. The Morgan fingerprint density at radius 2 is 1.52 bits per heavy atom. The number of carbonyl (C=O) groups is 1. The van der Waals surface area contributed by atoms with Gasteiger partial charge in [0.1, 0.15) is 0 Å².